The molecule has 1 amide bonds. The van der Waals surface area contributed by atoms with Crippen LogP contribution in [0.3, 0.4) is 0 Å². The third kappa shape index (κ3) is 8.48. The molecule has 0 saturated heterocycles. The van der Waals surface area contributed by atoms with E-state index < -0.39 is 11.7 Å². The molecule has 0 fully saturated rings. The molecule has 1 aromatic heterocycles. The summed E-state index contributed by atoms with van der Waals surface area (Å²) < 4.78 is 5.14. The number of nitrogens with one attached hydrogen (secondary N) is 1. The maximum atomic E-state index is 11.5. The summed E-state index contributed by atoms with van der Waals surface area (Å²) in [5, 5.41) is 3.58. The van der Waals surface area contributed by atoms with Crippen LogP contribution >= 0.6 is 11.8 Å². The van der Waals surface area contributed by atoms with Crippen molar-refractivity contribution in [2.24, 2.45) is 0 Å². The van der Waals surface area contributed by atoms with Crippen LogP contribution in [0.5, 0.6) is 0 Å². The summed E-state index contributed by atoms with van der Waals surface area (Å²) in [7, 11) is 0. The first-order valence-electron chi connectivity index (χ1n) is 6.49. The van der Waals surface area contributed by atoms with Crippen molar-refractivity contribution in [2.75, 3.05) is 11.1 Å². The van der Waals surface area contributed by atoms with Crippen LogP contribution in [0.25, 0.3) is 0 Å². The van der Waals surface area contributed by atoms with Gasteiger partial charge in [0, 0.05) is 0 Å². The molecule has 0 aliphatic heterocycles. The number of carbonyl (C=O) groups is 1. The molecule has 0 saturated carbocycles. The van der Waals surface area contributed by atoms with Gasteiger partial charge in [0.15, 0.2) is 0 Å². The van der Waals surface area contributed by atoms with Gasteiger partial charge in [-0.15, -0.1) is 11.8 Å². The molecule has 1 N–H and O–H groups in total. The molecule has 19 heavy (non-hydrogen) atoms. The van der Waals surface area contributed by atoms with Crippen LogP contribution < -0.4 is 5.32 Å². The Morgan fingerprint density at radius 1 is 1.37 bits per heavy atom. The van der Waals surface area contributed by atoms with Gasteiger partial charge in [-0.25, -0.2) is 9.78 Å². The molecule has 0 bridgehead atoms. The molecule has 0 aromatic carbocycles. The number of hydrogen-bond donors (Lipinski definition) is 1. The van der Waals surface area contributed by atoms with Crippen molar-refractivity contribution in [3.8, 4) is 0 Å². The number of nitrogens with zero attached hydrogens (tertiary/aromatic N) is 1. The van der Waals surface area contributed by atoms with Gasteiger partial charge >= 0.3 is 6.09 Å². The Bertz CT molecular complexity index is 372. The Morgan fingerprint density at radius 2 is 2.00 bits per heavy atom. The highest BCUT2D eigenvalue weighted by atomic mass is 32.2. The van der Waals surface area contributed by atoms with Crippen molar-refractivity contribution in [2.45, 2.75) is 52.2 Å². The molecule has 4 nitrogen and oxygen atoms in total. The van der Waals surface area contributed by atoms with Crippen LogP contribution in [-0.2, 0) is 4.74 Å². The molecule has 1 heterocycles. The number of aromatic nitrogens is 1. The van der Waals surface area contributed by atoms with Gasteiger partial charge in [-0.2, -0.15) is 0 Å². The Hall–Kier alpha value is -1.23. The minimum atomic E-state index is -0.491. The Labute approximate surface area is 120 Å². The van der Waals surface area contributed by atoms with Gasteiger partial charge in [0.1, 0.15) is 5.60 Å². The van der Waals surface area contributed by atoms with Crippen molar-refractivity contribution in [3.63, 3.8) is 0 Å². The lowest BCUT2D eigenvalue weighted by atomic mass is 10.2. The van der Waals surface area contributed by atoms with Gasteiger partial charge in [-0.1, -0.05) is 20.8 Å². The number of rotatable bonds is 3. The predicted octanol–water partition coefficient (Wildman–Crippen LogP) is 4.57. The molecule has 0 aliphatic carbocycles. The minimum absolute atomic E-state index is 0.463. The van der Waals surface area contributed by atoms with E-state index in [-0.39, 0.29) is 0 Å². The van der Waals surface area contributed by atoms with E-state index in [1.165, 1.54) is 0 Å². The van der Waals surface area contributed by atoms with Gasteiger partial charge in [0.05, 0.1) is 16.9 Å². The number of hydrogen-bond acceptors (Lipinski definition) is 4. The molecule has 1 rings (SSSR count). The van der Waals surface area contributed by atoms with E-state index in [2.05, 4.69) is 17.2 Å². The summed E-state index contributed by atoms with van der Waals surface area (Å²) >= 11 is 1.66. The molecule has 0 radical (unpaired) electrons. The molecule has 0 aliphatic rings. The van der Waals surface area contributed by atoms with Crippen LogP contribution in [0, 0.1) is 0 Å². The van der Waals surface area contributed by atoms with Gasteiger partial charge in [0.2, 0.25) is 0 Å². The van der Waals surface area contributed by atoms with E-state index in [9.17, 15) is 4.79 Å². The number of anilines is 1. The smallest absolute Gasteiger partial charge is 0.412 e. The van der Waals surface area contributed by atoms with Crippen LogP contribution in [0.15, 0.2) is 23.4 Å². The number of ether oxygens (including phenoxy) is 1. The summed E-state index contributed by atoms with van der Waals surface area (Å²) in [6.45, 7) is 11.5. The van der Waals surface area contributed by atoms with Crippen LogP contribution in [-0.4, -0.2) is 22.4 Å². The van der Waals surface area contributed by atoms with Gasteiger partial charge in [-0.3, -0.25) is 5.32 Å². The summed E-state index contributed by atoms with van der Waals surface area (Å²) in [5.41, 5.74) is 0.148. The zero-order valence-corrected chi connectivity index (χ0v) is 13.4. The van der Waals surface area contributed by atoms with Crippen molar-refractivity contribution in [3.05, 3.63) is 18.3 Å². The third-order valence-corrected chi connectivity index (χ3v) is 2.50. The maximum Gasteiger partial charge on any atom is 0.412 e. The molecule has 108 valence electrons. The minimum Gasteiger partial charge on any atom is -0.444 e. The SMILES string of the molecule is CC.CCSc1ccc(NC(=O)OC(C)(C)C)cn1. The van der Waals surface area contributed by atoms with Gasteiger partial charge in [-0.05, 0) is 38.7 Å². The number of carbonyl (C=O) groups excluding carboxylic acids is 1. The predicted molar refractivity (Wildman–Crippen MR) is 81.8 cm³/mol. The van der Waals surface area contributed by atoms with E-state index in [1.54, 1.807) is 18.0 Å². The lowest BCUT2D eigenvalue weighted by Crippen LogP contribution is -2.27. The van der Waals surface area contributed by atoms with E-state index in [0.29, 0.717) is 5.69 Å². The molecule has 1 aromatic rings. The molecular formula is C14H24N2O2S. The van der Waals surface area contributed by atoms with Crippen molar-refractivity contribution < 1.29 is 9.53 Å². The fourth-order valence-corrected chi connectivity index (χ4v) is 1.70. The average Bonchev–Trinajstić information content (AvgIpc) is 2.32. The fourth-order valence-electron chi connectivity index (χ4n) is 1.11. The summed E-state index contributed by atoms with van der Waals surface area (Å²) in [5.74, 6) is 0.978. The van der Waals surface area contributed by atoms with Gasteiger partial charge in [0.25, 0.3) is 0 Å². The lowest BCUT2D eigenvalue weighted by Gasteiger charge is -2.19. The standard InChI is InChI=1S/C12H18N2O2S.C2H6/c1-5-17-10-7-6-9(8-13-10)14-11(15)16-12(2,3)4;1-2/h6-8H,5H2,1-4H3,(H,14,15);1-2H3. The van der Waals surface area contributed by atoms with E-state index in [1.807, 2.05) is 46.8 Å². The second-order valence-corrected chi connectivity index (χ2v) is 5.73. The number of thioether (sulfide) groups is 1. The quantitative estimate of drug-likeness (QED) is 0.826. The lowest BCUT2D eigenvalue weighted by molar-refractivity contribution is 0.0636. The number of pyridine rings is 1. The second-order valence-electron chi connectivity index (χ2n) is 4.45. The van der Waals surface area contributed by atoms with Crippen LogP contribution in [0.2, 0.25) is 0 Å². The van der Waals surface area contributed by atoms with Crippen molar-refractivity contribution >= 4 is 23.5 Å². The van der Waals surface area contributed by atoms with Crippen LogP contribution in [0.1, 0.15) is 41.5 Å². The molecule has 0 spiro atoms. The molecule has 0 atom stereocenters. The third-order valence-electron chi connectivity index (χ3n) is 1.67. The van der Waals surface area contributed by atoms with Crippen LogP contribution in [0.4, 0.5) is 10.5 Å². The van der Waals surface area contributed by atoms with E-state index in [4.69, 9.17) is 4.74 Å². The van der Waals surface area contributed by atoms with E-state index >= 15 is 0 Å². The largest absolute Gasteiger partial charge is 0.444 e. The molecule has 5 heteroatoms. The highest BCUT2D eigenvalue weighted by Gasteiger charge is 2.16. The van der Waals surface area contributed by atoms with E-state index in [0.717, 1.165) is 10.8 Å². The average molecular weight is 284 g/mol. The first-order chi connectivity index (χ1) is 8.90. The maximum absolute atomic E-state index is 11.5. The Balaban J connectivity index is 0.00000154. The topological polar surface area (TPSA) is 51.2 Å². The molecular weight excluding hydrogens is 260 g/mol. The highest BCUT2D eigenvalue weighted by molar-refractivity contribution is 7.99. The summed E-state index contributed by atoms with van der Waals surface area (Å²) in [6.07, 6.45) is 1.16. The monoisotopic (exact) mass is 284 g/mol. The van der Waals surface area contributed by atoms with Crippen molar-refractivity contribution in [1.82, 2.24) is 4.98 Å². The van der Waals surface area contributed by atoms with Gasteiger partial charge < -0.3 is 4.74 Å². The first kappa shape index (κ1) is 17.8. The normalized spacial score (nSPS) is 10.2. The zero-order valence-electron chi connectivity index (χ0n) is 12.6. The fraction of sp³-hybridized carbons (Fsp3) is 0.571. The zero-order chi connectivity index (χ0) is 14.9. The molecule has 0 unspecified atom stereocenters. The summed E-state index contributed by atoms with van der Waals surface area (Å²) in [4.78, 5) is 15.7. The van der Waals surface area contributed by atoms with Crippen molar-refractivity contribution in [1.29, 1.82) is 0 Å². The first-order valence-corrected chi connectivity index (χ1v) is 7.48. The highest BCUT2D eigenvalue weighted by Crippen LogP contribution is 2.17. The Kier molecular flexibility index (Phi) is 8.23. The Morgan fingerprint density at radius 3 is 2.42 bits per heavy atom. The summed E-state index contributed by atoms with van der Waals surface area (Å²) in [6, 6.07) is 3.69. The number of amides is 1. The second kappa shape index (κ2) is 8.80.